The van der Waals surface area contributed by atoms with Gasteiger partial charge in [0, 0.05) is 6.07 Å². The third kappa shape index (κ3) is 4.59. The first-order chi connectivity index (χ1) is 8.02. The van der Waals surface area contributed by atoms with Gasteiger partial charge in [-0.05, 0) is 30.0 Å². The third-order valence-electron chi connectivity index (χ3n) is 2.27. The molecule has 0 spiro atoms. The minimum atomic E-state index is -2.81. The molecule has 0 bridgehead atoms. The largest absolute Gasteiger partial charge is 0.493 e. The number of hydrogen-bond acceptors (Lipinski definition) is 2. The highest BCUT2D eigenvalue weighted by atomic mass is 19.3. The Morgan fingerprint density at radius 2 is 1.76 bits per heavy atom. The Bertz CT molecular complexity index is 351. The van der Waals surface area contributed by atoms with E-state index >= 15 is 0 Å². The zero-order valence-electron chi connectivity index (χ0n) is 10.4. The van der Waals surface area contributed by atoms with Gasteiger partial charge in [-0.3, -0.25) is 0 Å². The summed E-state index contributed by atoms with van der Waals surface area (Å²) in [5.74, 6) is 0.964. The maximum atomic E-state index is 12.2. The monoisotopic (exact) mass is 244 g/mol. The molecule has 2 nitrogen and oxygen atoms in total. The Balaban J connectivity index is 2.92. The molecule has 0 atom stereocenters. The molecular formula is C13H18F2O2. The fourth-order valence-electron chi connectivity index (χ4n) is 1.40. The quantitative estimate of drug-likeness (QED) is 0.746. The number of benzene rings is 1. The van der Waals surface area contributed by atoms with Crippen LogP contribution >= 0.6 is 0 Å². The van der Waals surface area contributed by atoms with Gasteiger partial charge in [-0.15, -0.1) is 0 Å². The average molecular weight is 244 g/mol. The highest BCUT2D eigenvalue weighted by Crippen LogP contribution is 2.28. The van der Waals surface area contributed by atoms with Crippen LogP contribution in [0.4, 0.5) is 8.78 Å². The summed E-state index contributed by atoms with van der Waals surface area (Å²) in [4.78, 5) is 0. The molecule has 0 radical (unpaired) electrons. The molecule has 0 fully saturated rings. The maximum Gasteiger partial charge on any atom is 0.387 e. The van der Waals surface area contributed by atoms with Crippen LogP contribution in [0.3, 0.4) is 0 Å². The highest BCUT2D eigenvalue weighted by molar-refractivity contribution is 5.39. The lowest BCUT2D eigenvalue weighted by molar-refractivity contribution is -0.0499. The van der Waals surface area contributed by atoms with Gasteiger partial charge in [0.25, 0.3) is 0 Å². The van der Waals surface area contributed by atoms with Crippen LogP contribution in [-0.2, 0) is 0 Å². The number of alkyl halides is 2. The Hall–Kier alpha value is -1.32. The Kier molecular flexibility index (Phi) is 5.19. The predicted molar refractivity (Wildman–Crippen MR) is 62.9 cm³/mol. The summed E-state index contributed by atoms with van der Waals surface area (Å²) in [6.45, 7) is 3.73. The highest BCUT2D eigenvalue weighted by Gasteiger charge is 2.09. The first kappa shape index (κ1) is 13.7. The lowest BCUT2D eigenvalue weighted by Gasteiger charge is -2.13. The first-order valence-electron chi connectivity index (χ1n) is 5.75. The van der Waals surface area contributed by atoms with Crippen LogP contribution in [-0.4, -0.2) is 13.2 Å². The molecule has 0 aliphatic carbocycles. The van der Waals surface area contributed by atoms with E-state index in [1.54, 1.807) is 6.07 Å². The van der Waals surface area contributed by atoms with Crippen molar-refractivity contribution in [2.24, 2.45) is 0 Å². The fraction of sp³-hybridized carbons (Fsp3) is 0.538. The standard InChI is InChI=1S/C13H18F2O2/c1-4-5-16-11-6-10(9(2)3)7-12(8-11)17-13(14)15/h6-9,13H,4-5H2,1-3H3. The molecule has 0 aromatic heterocycles. The third-order valence-corrected chi connectivity index (χ3v) is 2.27. The molecule has 0 saturated heterocycles. The van der Waals surface area contributed by atoms with Crippen molar-refractivity contribution in [3.8, 4) is 11.5 Å². The molecule has 1 rings (SSSR count). The summed E-state index contributed by atoms with van der Waals surface area (Å²) in [5, 5.41) is 0. The number of rotatable bonds is 6. The molecule has 4 heteroatoms. The zero-order chi connectivity index (χ0) is 12.8. The molecule has 17 heavy (non-hydrogen) atoms. The summed E-state index contributed by atoms with van der Waals surface area (Å²) >= 11 is 0. The molecule has 0 N–H and O–H groups in total. The van der Waals surface area contributed by atoms with E-state index in [2.05, 4.69) is 4.74 Å². The van der Waals surface area contributed by atoms with E-state index in [-0.39, 0.29) is 11.7 Å². The van der Waals surface area contributed by atoms with Crippen molar-refractivity contribution >= 4 is 0 Å². The predicted octanol–water partition coefficient (Wildman–Crippen LogP) is 4.20. The lowest BCUT2D eigenvalue weighted by atomic mass is 10.0. The second-order valence-corrected chi connectivity index (χ2v) is 4.12. The first-order valence-corrected chi connectivity index (χ1v) is 5.75. The van der Waals surface area contributed by atoms with E-state index < -0.39 is 6.61 Å². The van der Waals surface area contributed by atoms with E-state index in [1.165, 1.54) is 6.07 Å². The minimum absolute atomic E-state index is 0.150. The second-order valence-electron chi connectivity index (χ2n) is 4.12. The van der Waals surface area contributed by atoms with Crippen LogP contribution in [0.5, 0.6) is 11.5 Å². The van der Waals surface area contributed by atoms with Crippen molar-refractivity contribution in [1.29, 1.82) is 0 Å². The van der Waals surface area contributed by atoms with Gasteiger partial charge in [-0.1, -0.05) is 20.8 Å². The smallest absolute Gasteiger partial charge is 0.387 e. The van der Waals surface area contributed by atoms with Gasteiger partial charge >= 0.3 is 6.61 Å². The summed E-state index contributed by atoms with van der Waals surface area (Å²) in [6.07, 6.45) is 0.872. The molecule has 0 unspecified atom stereocenters. The van der Waals surface area contributed by atoms with E-state index in [4.69, 9.17) is 4.74 Å². The Morgan fingerprint density at radius 3 is 2.29 bits per heavy atom. The maximum absolute atomic E-state index is 12.2. The van der Waals surface area contributed by atoms with Crippen LogP contribution in [0.25, 0.3) is 0 Å². The Morgan fingerprint density at radius 1 is 1.12 bits per heavy atom. The summed E-state index contributed by atoms with van der Waals surface area (Å²) < 4.78 is 34.2. The van der Waals surface area contributed by atoms with Crippen LogP contribution < -0.4 is 9.47 Å². The number of halogens is 2. The molecule has 0 saturated carbocycles. The van der Waals surface area contributed by atoms with Gasteiger partial charge < -0.3 is 9.47 Å². The van der Waals surface area contributed by atoms with Crippen molar-refractivity contribution in [1.82, 2.24) is 0 Å². The molecule has 0 heterocycles. The van der Waals surface area contributed by atoms with E-state index in [0.29, 0.717) is 12.4 Å². The van der Waals surface area contributed by atoms with Crippen LogP contribution in [0, 0.1) is 0 Å². The SMILES string of the molecule is CCCOc1cc(OC(F)F)cc(C(C)C)c1. The van der Waals surface area contributed by atoms with Crippen LogP contribution in [0.2, 0.25) is 0 Å². The van der Waals surface area contributed by atoms with Crippen LogP contribution in [0.1, 0.15) is 38.7 Å². The van der Waals surface area contributed by atoms with Gasteiger partial charge in [0.05, 0.1) is 6.61 Å². The van der Waals surface area contributed by atoms with Crippen molar-refractivity contribution < 1.29 is 18.3 Å². The van der Waals surface area contributed by atoms with E-state index in [0.717, 1.165) is 12.0 Å². The molecule has 1 aromatic rings. The van der Waals surface area contributed by atoms with Gasteiger partial charge in [0.1, 0.15) is 11.5 Å². The van der Waals surface area contributed by atoms with Gasteiger partial charge in [-0.25, -0.2) is 0 Å². The molecular weight excluding hydrogens is 226 g/mol. The minimum Gasteiger partial charge on any atom is -0.493 e. The van der Waals surface area contributed by atoms with Gasteiger partial charge in [-0.2, -0.15) is 8.78 Å². The molecule has 96 valence electrons. The summed E-state index contributed by atoms with van der Waals surface area (Å²) in [7, 11) is 0. The summed E-state index contributed by atoms with van der Waals surface area (Å²) in [5.41, 5.74) is 0.925. The van der Waals surface area contributed by atoms with E-state index in [9.17, 15) is 8.78 Å². The molecule has 1 aromatic carbocycles. The van der Waals surface area contributed by atoms with Crippen molar-refractivity contribution in [3.63, 3.8) is 0 Å². The molecule has 0 amide bonds. The Labute approximate surface area is 101 Å². The summed E-state index contributed by atoms with van der Waals surface area (Å²) in [6, 6.07) is 4.97. The van der Waals surface area contributed by atoms with E-state index in [1.807, 2.05) is 26.8 Å². The number of hydrogen-bond donors (Lipinski definition) is 0. The molecule has 0 aliphatic heterocycles. The topological polar surface area (TPSA) is 18.5 Å². The zero-order valence-corrected chi connectivity index (χ0v) is 10.4. The second kappa shape index (κ2) is 6.42. The fourth-order valence-corrected chi connectivity index (χ4v) is 1.40. The molecule has 0 aliphatic rings. The number of ether oxygens (including phenoxy) is 2. The van der Waals surface area contributed by atoms with Crippen LogP contribution in [0.15, 0.2) is 18.2 Å². The normalized spacial score (nSPS) is 11.0. The average Bonchev–Trinajstić information content (AvgIpc) is 2.25. The van der Waals surface area contributed by atoms with Crippen molar-refractivity contribution in [2.75, 3.05) is 6.61 Å². The van der Waals surface area contributed by atoms with Crippen molar-refractivity contribution in [2.45, 2.75) is 39.7 Å². The van der Waals surface area contributed by atoms with Crippen molar-refractivity contribution in [3.05, 3.63) is 23.8 Å². The lowest BCUT2D eigenvalue weighted by Crippen LogP contribution is -2.04. The van der Waals surface area contributed by atoms with Gasteiger partial charge in [0.2, 0.25) is 0 Å². The van der Waals surface area contributed by atoms with Gasteiger partial charge in [0.15, 0.2) is 0 Å².